The van der Waals surface area contributed by atoms with Crippen LogP contribution < -0.4 is 16.0 Å². The van der Waals surface area contributed by atoms with Crippen molar-refractivity contribution in [1.29, 1.82) is 0 Å². The summed E-state index contributed by atoms with van der Waals surface area (Å²) in [4.78, 5) is 25.5. The van der Waals surface area contributed by atoms with Gasteiger partial charge in [-0.2, -0.15) is 0 Å². The van der Waals surface area contributed by atoms with Gasteiger partial charge >= 0.3 is 6.09 Å². The number of dihydropyridines is 1. The highest BCUT2D eigenvalue weighted by Crippen LogP contribution is 2.29. The monoisotopic (exact) mass is 433 g/mol. The lowest BCUT2D eigenvalue weighted by Crippen LogP contribution is -2.53. The minimum absolute atomic E-state index is 0.127. The lowest BCUT2D eigenvalue weighted by molar-refractivity contribution is -0.125. The van der Waals surface area contributed by atoms with E-state index in [1.807, 2.05) is 72.8 Å². The van der Waals surface area contributed by atoms with Crippen molar-refractivity contribution < 1.29 is 14.3 Å². The van der Waals surface area contributed by atoms with Crippen LogP contribution in [0.2, 0.25) is 0 Å². The maximum Gasteiger partial charge on any atom is 0.407 e. The first-order chi connectivity index (χ1) is 15.5. The molecular formula is C26H31N3O3. The highest BCUT2D eigenvalue weighted by atomic mass is 16.5. The molecule has 0 spiro atoms. The summed E-state index contributed by atoms with van der Waals surface area (Å²) in [7, 11) is 0. The molecule has 3 N–H and O–H groups in total. The van der Waals surface area contributed by atoms with Crippen LogP contribution in [0.3, 0.4) is 0 Å². The number of allylic oxidation sites excluding steroid dienone is 2. The predicted octanol–water partition coefficient (Wildman–Crippen LogP) is 4.14. The molecule has 2 aromatic carbocycles. The fraction of sp³-hybridized carbons (Fsp3) is 0.308. The van der Waals surface area contributed by atoms with Crippen LogP contribution in [0.4, 0.5) is 4.79 Å². The SMILES string of the molecule is CC(C)CCNC(=O)C1(c2ccccc2CNC(=O)OCc2ccccc2)C=CC=CN1. The van der Waals surface area contributed by atoms with Crippen LogP contribution >= 0.6 is 0 Å². The summed E-state index contributed by atoms with van der Waals surface area (Å²) in [6, 6.07) is 17.1. The molecule has 32 heavy (non-hydrogen) atoms. The summed E-state index contributed by atoms with van der Waals surface area (Å²) in [5.41, 5.74) is 1.49. The Morgan fingerprint density at radius 3 is 2.47 bits per heavy atom. The topological polar surface area (TPSA) is 79.5 Å². The second-order valence-corrected chi connectivity index (χ2v) is 8.18. The Kier molecular flexibility index (Phi) is 8.08. The van der Waals surface area contributed by atoms with E-state index in [0.29, 0.717) is 12.5 Å². The van der Waals surface area contributed by atoms with Gasteiger partial charge in [0.2, 0.25) is 0 Å². The number of carbonyl (C=O) groups is 2. The van der Waals surface area contributed by atoms with E-state index in [-0.39, 0.29) is 19.1 Å². The lowest BCUT2D eigenvalue weighted by atomic mass is 9.83. The maximum absolute atomic E-state index is 13.3. The van der Waals surface area contributed by atoms with Crippen LogP contribution in [0.1, 0.15) is 37.0 Å². The molecule has 168 valence electrons. The third-order valence-electron chi connectivity index (χ3n) is 5.31. The number of amides is 2. The minimum Gasteiger partial charge on any atom is -0.445 e. The molecule has 0 saturated carbocycles. The first kappa shape index (κ1) is 23.1. The van der Waals surface area contributed by atoms with Crippen molar-refractivity contribution in [3.05, 3.63) is 95.7 Å². The predicted molar refractivity (Wildman–Crippen MR) is 125 cm³/mol. The van der Waals surface area contributed by atoms with E-state index >= 15 is 0 Å². The number of alkyl carbamates (subject to hydrolysis) is 1. The van der Waals surface area contributed by atoms with Crippen molar-refractivity contribution in [2.24, 2.45) is 5.92 Å². The molecule has 1 aliphatic rings. The van der Waals surface area contributed by atoms with E-state index < -0.39 is 11.6 Å². The molecule has 1 unspecified atom stereocenters. The Morgan fingerprint density at radius 1 is 1.00 bits per heavy atom. The van der Waals surface area contributed by atoms with Gasteiger partial charge in [-0.1, -0.05) is 74.5 Å². The van der Waals surface area contributed by atoms with Gasteiger partial charge in [-0.25, -0.2) is 4.79 Å². The Hall–Kier alpha value is -3.54. The van der Waals surface area contributed by atoms with Crippen molar-refractivity contribution in [2.45, 2.75) is 39.0 Å². The van der Waals surface area contributed by atoms with Crippen LogP contribution in [-0.2, 0) is 28.2 Å². The largest absolute Gasteiger partial charge is 0.445 e. The lowest BCUT2D eigenvalue weighted by Gasteiger charge is -2.34. The van der Waals surface area contributed by atoms with Gasteiger partial charge < -0.3 is 20.7 Å². The van der Waals surface area contributed by atoms with E-state index in [0.717, 1.165) is 23.1 Å². The number of rotatable bonds is 9. The van der Waals surface area contributed by atoms with Crippen molar-refractivity contribution in [3.8, 4) is 0 Å². The van der Waals surface area contributed by atoms with E-state index in [4.69, 9.17) is 4.74 Å². The van der Waals surface area contributed by atoms with Gasteiger partial charge in [0.25, 0.3) is 5.91 Å². The quantitative estimate of drug-likeness (QED) is 0.555. The molecule has 1 heterocycles. The molecule has 1 aliphatic heterocycles. The first-order valence-corrected chi connectivity index (χ1v) is 10.9. The van der Waals surface area contributed by atoms with Crippen LogP contribution in [0.15, 0.2) is 79.0 Å². The molecule has 2 amide bonds. The standard InChI is InChI=1S/C26H31N3O3/c1-20(2)14-17-27-24(30)26(15-8-9-16-29-26)23-13-7-6-12-22(23)18-28-25(31)32-19-21-10-4-3-5-11-21/h3-13,15-16,20,29H,14,17-19H2,1-2H3,(H,27,30)(H,28,31). The number of nitrogens with one attached hydrogen (secondary N) is 3. The van der Waals surface area contributed by atoms with Gasteiger partial charge in [0.05, 0.1) is 0 Å². The zero-order chi connectivity index (χ0) is 22.8. The molecule has 0 aliphatic carbocycles. The Labute approximate surface area is 189 Å². The number of benzene rings is 2. The average Bonchev–Trinajstić information content (AvgIpc) is 2.82. The summed E-state index contributed by atoms with van der Waals surface area (Å²) in [5.74, 6) is 0.372. The molecule has 0 radical (unpaired) electrons. The Morgan fingerprint density at radius 2 is 1.75 bits per heavy atom. The normalized spacial score (nSPS) is 17.0. The maximum atomic E-state index is 13.3. The number of hydrogen-bond donors (Lipinski definition) is 3. The number of ether oxygens (including phenoxy) is 1. The zero-order valence-electron chi connectivity index (χ0n) is 18.6. The smallest absolute Gasteiger partial charge is 0.407 e. The molecule has 2 aromatic rings. The number of carbonyl (C=O) groups excluding carboxylic acids is 2. The molecular weight excluding hydrogens is 402 g/mol. The highest BCUT2D eigenvalue weighted by molar-refractivity contribution is 5.91. The van der Waals surface area contributed by atoms with E-state index in [1.165, 1.54) is 0 Å². The third-order valence-corrected chi connectivity index (χ3v) is 5.31. The molecule has 1 atom stereocenters. The number of hydrogen-bond acceptors (Lipinski definition) is 4. The van der Waals surface area contributed by atoms with E-state index in [1.54, 1.807) is 6.20 Å². The average molecular weight is 434 g/mol. The molecule has 6 heteroatoms. The molecule has 0 aromatic heterocycles. The highest BCUT2D eigenvalue weighted by Gasteiger charge is 2.39. The van der Waals surface area contributed by atoms with Gasteiger partial charge in [-0.05, 0) is 47.4 Å². The second-order valence-electron chi connectivity index (χ2n) is 8.18. The molecule has 6 nitrogen and oxygen atoms in total. The summed E-state index contributed by atoms with van der Waals surface area (Å²) >= 11 is 0. The summed E-state index contributed by atoms with van der Waals surface area (Å²) in [6.45, 7) is 5.29. The fourth-order valence-corrected chi connectivity index (χ4v) is 3.53. The minimum atomic E-state index is -1.04. The van der Waals surface area contributed by atoms with E-state index in [2.05, 4.69) is 29.8 Å². The van der Waals surface area contributed by atoms with Crippen molar-refractivity contribution >= 4 is 12.0 Å². The van der Waals surface area contributed by atoms with Crippen LogP contribution in [0.5, 0.6) is 0 Å². The molecule has 0 fully saturated rings. The van der Waals surface area contributed by atoms with Gasteiger partial charge in [-0.15, -0.1) is 0 Å². The Balaban J connectivity index is 1.71. The van der Waals surface area contributed by atoms with Crippen LogP contribution in [0.25, 0.3) is 0 Å². The summed E-state index contributed by atoms with van der Waals surface area (Å²) in [6.07, 6.45) is 7.71. The first-order valence-electron chi connectivity index (χ1n) is 10.9. The van der Waals surface area contributed by atoms with Crippen molar-refractivity contribution in [2.75, 3.05) is 6.54 Å². The zero-order valence-corrected chi connectivity index (χ0v) is 18.6. The van der Waals surface area contributed by atoms with Gasteiger partial charge in [-0.3, -0.25) is 4.79 Å². The van der Waals surface area contributed by atoms with Gasteiger partial charge in [0.15, 0.2) is 5.54 Å². The second kappa shape index (κ2) is 11.2. The summed E-state index contributed by atoms with van der Waals surface area (Å²) in [5, 5.41) is 9.09. The summed E-state index contributed by atoms with van der Waals surface area (Å²) < 4.78 is 5.31. The molecule has 0 bridgehead atoms. The molecule has 0 saturated heterocycles. The van der Waals surface area contributed by atoms with Crippen molar-refractivity contribution in [1.82, 2.24) is 16.0 Å². The Bertz CT molecular complexity index is 969. The van der Waals surface area contributed by atoms with Gasteiger partial charge in [0.1, 0.15) is 6.61 Å². The molecule has 3 rings (SSSR count). The van der Waals surface area contributed by atoms with E-state index in [9.17, 15) is 9.59 Å². The van der Waals surface area contributed by atoms with Gasteiger partial charge in [0, 0.05) is 13.1 Å². The van der Waals surface area contributed by atoms with Crippen LogP contribution in [0, 0.1) is 5.92 Å². The van der Waals surface area contributed by atoms with Crippen LogP contribution in [-0.4, -0.2) is 18.5 Å². The fourth-order valence-electron chi connectivity index (χ4n) is 3.53. The third kappa shape index (κ3) is 6.00. The van der Waals surface area contributed by atoms with Crippen molar-refractivity contribution in [3.63, 3.8) is 0 Å².